The Hall–Kier alpha value is -1.37. The Morgan fingerprint density at radius 3 is 3.07 bits per heavy atom. The van der Waals surface area contributed by atoms with Crippen molar-refractivity contribution in [2.45, 2.75) is 25.8 Å². The Morgan fingerprint density at radius 1 is 1.29 bits per heavy atom. The second kappa shape index (κ2) is 4.23. The van der Waals surface area contributed by atoms with E-state index in [1.54, 1.807) is 0 Å². The summed E-state index contributed by atoms with van der Waals surface area (Å²) in [6.07, 6.45) is 8.51. The van der Waals surface area contributed by atoms with Crippen LogP contribution >= 0.6 is 0 Å². The third-order valence-corrected chi connectivity index (χ3v) is 2.49. The fourth-order valence-corrected chi connectivity index (χ4v) is 1.68. The van der Waals surface area contributed by atoms with Crippen LogP contribution in [0.2, 0.25) is 0 Å². The molecule has 1 aliphatic rings. The third-order valence-electron chi connectivity index (χ3n) is 2.49. The monoisotopic (exact) mass is 185 g/mol. The minimum Gasteiger partial charge on any atom is -0.290 e. The molecule has 0 saturated heterocycles. The molecular formula is C13H15N. The maximum atomic E-state index is 4.41. The highest BCUT2D eigenvalue weighted by Gasteiger charge is 2.00. The Balaban J connectivity index is 2.35. The molecule has 1 heteroatoms. The molecule has 1 aliphatic heterocycles. The quantitative estimate of drug-likeness (QED) is 0.589. The molecule has 0 radical (unpaired) electrons. The van der Waals surface area contributed by atoms with Gasteiger partial charge in [0.1, 0.15) is 0 Å². The van der Waals surface area contributed by atoms with Gasteiger partial charge in [-0.25, -0.2) is 0 Å². The second-order valence-corrected chi connectivity index (χ2v) is 3.67. The number of hydrogen-bond donors (Lipinski definition) is 0. The first-order valence-electron chi connectivity index (χ1n) is 5.14. The predicted octanol–water partition coefficient (Wildman–Crippen LogP) is 3.11. The number of hydrogen-bond acceptors (Lipinski definition) is 1. The van der Waals surface area contributed by atoms with Crippen LogP contribution in [0.5, 0.6) is 0 Å². The topological polar surface area (TPSA) is 12.4 Å². The molecule has 14 heavy (non-hydrogen) atoms. The highest BCUT2D eigenvalue weighted by atomic mass is 14.7. The van der Waals surface area contributed by atoms with E-state index in [1.807, 2.05) is 6.21 Å². The van der Waals surface area contributed by atoms with Gasteiger partial charge >= 0.3 is 0 Å². The minimum atomic E-state index is 0.307. The van der Waals surface area contributed by atoms with E-state index < -0.39 is 0 Å². The highest BCUT2D eigenvalue weighted by molar-refractivity contribution is 5.62. The van der Waals surface area contributed by atoms with Gasteiger partial charge in [0.15, 0.2) is 0 Å². The molecule has 72 valence electrons. The van der Waals surface area contributed by atoms with E-state index in [2.05, 4.69) is 48.3 Å². The molecule has 0 aromatic heterocycles. The molecule has 1 aromatic carbocycles. The van der Waals surface area contributed by atoms with Crippen LogP contribution in [0.3, 0.4) is 0 Å². The normalized spacial score (nSPS) is 20.8. The van der Waals surface area contributed by atoms with Crippen LogP contribution in [0.1, 0.15) is 24.5 Å². The van der Waals surface area contributed by atoms with Crippen molar-refractivity contribution in [3.8, 4) is 0 Å². The van der Waals surface area contributed by atoms with Gasteiger partial charge in [0.2, 0.25) is 0 Å². The summed E-state index contributed by atoms with van der Waals surface area (Å²) in [5, 5.41) is 0. The smallest absolute Gasteiger partial charge is 0.0651 e. The first kappa shape index (κ1) is 9.20. The molecule has 0 bridgehead atoms. The predicted molar refractivity (Wildman–Crippen MR) is 61.8 cm³/mol. The number of aliphatic imine (C=N–C) groups is 1. The Kier molecular flexibility index (Phi) is 2.78. The minimum absolute atomic E-state index is 0.307. The van der Waals surface area contributed by atoms with Crippen LogP contribution in [-0.2, 0) is 6.42 Å². The van der Waals surface area contributed by atoms with Crippen molar-refractivity contribution in [2.75, 3.05) is 0 Å². The van der Waals surface area contributed by atoms with Gasteiger partial charge in [-0.05, 0) is 37.1 Å². The van der Waals surface area contributed by atoms with Crippen molar-refractivity contribution < 1.29 is 0 Å². The van der Waals surface area contributed by atoms with E-state index in [4.69, 9.17) is 0 Å². The first-order chi connectivity index (χ1) is 6.86. The molecule has 0 saturated carbocycles. The molecule has 0 spiro atoms. The number of fused-ring (bicyclic) bond motifs is 1. The standard InChI is InChI=1S/C13H15N/c1-11-8-9-13-6-3-2-5-12(13)7-4-10-14-11/h2-3,5-6,8-11H,4,7H2,1H3. The van der Waals surface area contributed by atoms with Crippen LogP contribution in [0, 0.1) is 0 Å². The van der Waals surface area contributed by atoms with Crippen molar-refractivity contribution in [3.05, 3.63) is 41.5 Å². The molecule has 0 aliphatic carbocycles. The summed E-state index contributed by atoms with van der Waals surface area (Å²) in [5.74, 6) is 0. The Labute approximate surface area is 85.2 Å². The van der Waals surface area contributed by atoms with Crippen LogP contribution in [0.4, 0.5) is 0 Å². The lowest BCUT2D eigenvalue weighted by atomic mass is 10.0. The highest BCUT2D eigenvalue weighted by Crippen LogP contribution is 2.14. The van der Waals surface area contributed by atoms with Gasteiger partial charge in [-0.1, -0.05) is 36.4 Å². The average Bonchev–Trinajstić information content (AvgIpc) is 2.30. The van der Waals surface area contributed by atoms with Crippen LogP contribution < -0.4 is 0 Å². The van der Waals surface area contributed by atoms with Crippen molar-refractivity contribution in [1.82, 2.24) is 0 Å². The molecule has 2 rings (SSSR count). The third kappa shape index (κ3) is 2.11. The van der Waals surface area contributed by atoms with Crippen molar-refractivity contribution in [1.29, 1.82) is 0 Å². The fourth-order valence-electron chi connectivity index (χ4n) is 1.68. The largest absolute Gasteiger partial charge is 0.290 e. The van der Waals surface area contributed by atoms with E-state index in [9.17, 15) is 0 Å². The molecule has 1 nitrogen and oxygen atoms in total. The van der Waals surface area contributed by atoms with Crippen LogP contribution in [0.15, 0.2) is 35.3 Å². The zero-order valence-electron chi connectivity index (χ0n) is 8.48. The first-order valence-corrected chi connectivity index (χ1v) is 5.14. The van der Waals surface area contributed by atoms with E-state index in [0.29, 0.717) is 6.04 Å². The molecule has 1 aromatic rings. The lowest BCUT2D eigenvalue weighted by Crippen LogP contribution is -1.91. The Bertz CT molecular complexity index is 363. The second-order valence-electron chi connectivity index (χ2n) is 3.67. The van der Waals surface area contributed by atoms with Crippen molar-refractivity contribution in [3.63, 3.8) is 0 Å². The van der Waals surface area contributed by atoms with E-state index >= 15 is 0 Å². The van der Waals surface area contributed by atoms with Gasteiger partial charge in [0, 0.05) is 0 Å². The zero-order valence-corrected chi connectivity index (χ0v) is 8.48. The summed E-state index contributed by atoms with van der Waals surface area (Å²) in [6, 6.07) is 8.87. The molecule has 0 N–H and O–H groups in total. The van der Waals surface area contributed by atoms with Crippen LogP contribution in [0.25, 0.3) is 6.08 Å². The lowest BCUT2D eigenvalue weighted by molar-refractivity contribution is 0.926. The maximum Gasteiger partial charge on any atom is 0.0651 e. The fraction of sp³-hybridized carbons (Fsp3) is 0.308. The van der Waals surface area contributed by atoms with Gasteiger partial charge in [0.25, 0.3) is 0 Å². The van der Waals surface area contributed by atoms with Gasteiger partial charge in [0.05, 0.1) is 6.04 Å². The van der Waals surface area contributed by atoms with Crippen LogP contribution in [-0.4, -0.2) is 12.3 Å². The lowest BCUT2D eigenvalue weighted by Gasteiger charge is -2.02. The molecule has 0 amide bonds. The zero-order chi connectivity index (χ0) is 9.80. The summed E-state index contributed by atoms with van der Waals surface area (Å²) in [5.41, 5.74) is 2.76. The Morgan fingerprint density at radius 2 is 2.14 bits per heavy atom. The molecule has 1 heterocycles. The summed E-state index contributed by atoms with van der Waals surface area (Å²) in [6.45, 7) is 2.11. The summed E-state index contributed by atoms with van der Waals surface area (Å²) >= 11 is 0. The molecule has 1 atom stereocenters. The number of rotatable bonds is 0. The van der Waals surface area contributed by atoms with Gasteiger partial charge in [-0.15, -0.1) is 0 Å². The van der Waals surface area contributed by atoms with Gasteiger partial charge < -0.3 is 0 Å². The van der Waals surface area contributed by atoms with E-state index in [1.165, 1.54) is 11.1 Å². The summed E-state index contributed by atoms with van der Waals surface area (Å²) in [7, 11) is 0. The molecular weight excluding hydrogens is 170 g/mol. The van der Waals surface area contributed by atoms with E-state index in [0.717, 1.165) is 12.8 Å². The number of benzene rings is 1. The maximum absolute atomic E-state index is 4.41. The van der Waals surface area contributed by atoms with Gasteiger partial charge in [-0.3, -0.25) is 4.99 Å². The van der Waals surface area contributed by atoms with E-state index in [-0.39, 0.29) is 0 Å². The number of aryl methyl sites for hydroxylation is 1. The summed E-state index contributed by atoms with van der Waals surface area (Å²) < 4.78 is 0. The SMILES string of the molecule is CC1C=Cc2ccccc2CCC=N1. The van der Waals surface area contributed by atoms with Crippen molar-refractivity contribution in [2.24, 2.45) is 4.99 Å². The number of nitrogens with zero attached hydrogens (tertiary/aromatic N) is 1. The molecule has 0 fully saturated rings. The average molecular weight is 185 g/mol. The van der Waals surface area contributed by atoms with Gasteiger partial charge in [-0.2, -0.15) is 0 Å². The summed E-state index contributed by atoms with van der Waals surface area (Å²) in [4.78, 5) is 4.41. The van der Waals surface area contributed by atoms with Crippen molar-refractivity contribution >= 4 is 12.3 Å². The molecule has 1 unspecified atom stereocenters.